The Kier molecular flexibility index (Phi) is 5.80. The molecule has 7 heteroatoms. The van der Waals surface area contributed by atoms with Crippen LogP contribution in [0.3, 0.4) is 0 Å². The molecule has 2 saturated heterocycles. The van der Waals surface area contributed by atoms with Crippen molar-refractivity contribution in [2.24, 2.45) is 11.8 Å². The number of ether oxygens (including phenoxy) is 2. The SMILES string of the molecule is CN(C)C(=O)CO[C@H]1C[C@@H]2CN(C3CCOCC3)C[C@@H]2C[C@@H]1n1cccn1. The normalized spacial score (nSPS) is 32.4. The zero-order valence-corrected chi connectivity index (χ0v) is 16.5. The van der Waals surface area contributed by atoms with Gasteiger partial charge in [-0.1, -0.05) is 0 Å². The molecule has 3 fully saturated rings. The van der Waals surface area contributed by atoms with E-state index in [1.54, 1.807) is 19.0 Å². The number of carbonyl (C=O) groups is 1. The number of likely N-dealkylation sites (N-methyl/N-ethyl adjacent to an activating group) is 1. The number of amides is 1. The number of fused-ring (bicyclic) bond motifs is 1. The lowest BCUT2D eigenvalue weighted by Crippen LogP contribution is -2.40. The Morgan fingerprint density at radius 1 is 1.22 bits per heavy atom. The van der Waals surface area contributed by atoms with Crippen LogP contribution in [-0.2, 0) is 14.3 Å². The molecule has 27 heavy (non-hydrogen) atoms. The number of hydrogen-bond donors (Lipinski definition) is 0. The summed E-state index contributed by atoms with van der Waals surface area (Å²) in [7, 11) is 3.55. The summed E-state index contributed by atoms with van der Waals surface area (Å²) in [6, 6.07) is 2.85. The van der Waals surface area contributed by atoms with Crippen molar-refractivity contribution in [1.82, 2.24) is 19.6 Å². The first kappa shape index (κ1) is 18.9. The third-order valence-electron chi connectivity index (χ3n) is 6.60. The molecule has 0 radical (unpaired) electrons. The van der Waals surface area contributed by atoms with Gasteiger partial charge in [0.15, 0.2) is 0 Å². The second-order valence-electron chi connectivity index (χ2n) is 8.48. The van der Waals surface area contributed by atoms with Crippen LogP contribution in [0, 0.1) is 11.8 Å². The first-order chi connectivity index (χ1) is 13.1. The summed E-state index contributed by atoms with van der Waals surface area (Å²) in [4.78, 5) is 16.3. The molecule has 2 aliphatic heterocycles. The van der Waals surface area contributed by atoms with Crippen LogP contribution in [0.1, 0.15) is 31.7 Å². The number of carbonyl (C=O) groups excluding carboxylic acids is 1. The second kappa shape index (κ2) is 8.29. The molecule has 4 atom stereocenters. The van der Waals surface area contributed by atoms with Gasteiger partial charge in [-0.05, 0) is 43.6 Å². The highest BCUT2D eigenvalue weighted by molar-refractivity contribution is 5.76. The molecule has 7 nitrogen and oxygen atoms in total. The van der Waals surface area contributed by atoms with Crippen molar-refractivity contribution in [3.8, 4) is 0 Å². The number of hydrogen-bond acceptors (Lipinski definition) is 5. The molecule has 4 rings (SSSR count). The fourth-order valence-electron chi connectivity index (χ4n) is 5.02. The molecule has 0 N–H and O–H groups in total. The van der Waals surface area contributed by atoms with Crippen LogP contribution in [0.2, 0.25) is 0 Å². The van der Waals surface area contributed by atoms with E-state index < -0.39 is 0 Å². The number of aromatic nitrogens is 2. The van der Waals surface area contributed by atoms with Crippen molar-refractivity contribution >= 4 is 5.91 Å². The molecule has 1 aliphatic carbocycles. The average molecular weight is 377 g/mol. The first-order valence-electron chi connectivity index (χ1n) is 10.2. The number of likely N-dealkylation sites (tertiary alicyclic amines) is 1. The quantitative estimate of drug-likeness (QED) is 0.778. The molecule has 3 aliphatic rings. The predicted molar refractivity (Wildman–Crippen MR) is 101 cm³/mol. The number of rotatable bonds is 5. The van der Waals surface area contributed by atoms with E-state index in [1.807, 2.05) is 23.1 Å². The maximum atomic E-state index is 12.0. The van der Waals surface area contributed by atoms with Crippen molar-refractivity contribution in [3.05, 3.63) is 18.5 Å². The van der Waals surface area contributed by atoms with E-state index in [9.17, 15) is 4.79 Å². The van der Waals surface area contributed by atoms with Crippen LogP contribution in [0.15, 0.2) is 18.5 Å². The van der Waals surface area contributed by atoms with Gasteiger partial charge in [-0.15, -0.1) is 0 Å². The minimum absolute atomic E-state index is 0.0200. The Hall–Kier alpha value is -1.44. The summed E-state index contributed by atoms with van der Waals surface area (Å²) in [6.45, 7) is 4.27. The van der Waals surface area contributed by atoms with Crippen LogP contribution in [0.25, 0.3) is 0 Å². The zero-order valence-electron chi connectivity index (χ0n) is 16.5. The molecular formula is C20H32N4O3. The van der Waals surface area contributed by atoms with Crippen LogP contribution < -0.4 is 0 Å². The summed E-state index contributed by atoms with van der Waals surface area (Å²) in [5, 5.41) is 4.49. The molecule has 1 aromatic heterocycles. The van der Waals surface area contributed by atoms with Crippen LogP contribution in [0.5, 0.6) is 0 Å². The Bertz CT molecular complexity index is 615. The highest BCUT2D eigenvalue weighted by Crippen LogP contribution is 2.43. The fraction of sp³-hybridized carbons (Fsp3) is 0.800. The molecule has 0 unspecified atom stereocenters. The second-order valence-corrected chi connectivity index (χ2v) is 8.48. The third-order valence-corrected chi connectivity index (χ3v) is 6.60. The van der Waals surface area contributed by atoms with Gasteiger partial charge in [0.2, 0.25) is 5.91 Å². The molecular weight excluding hydrogens is 344 g/mol. The van der Waals surface area contributed by atoms with Gasteiger partial charge in [0.1, 0.15) is 6.61 Å². The predicted octanol–water partition coefficient (Wildman–Crippen LogP) is 1.42. The molecule has 0 aromatic carbocycles. The molecule has 1 amide bonds. The summed E-state index contributed by atoms with van der Waals surface area (Å²) in [5.41, 5.74) is 0. The topological polar surface area (TPSA) is 59.8 Å². The maximum Gasteiger partial charge on any atom is 0.248 e. The summed E-state index contributed by atoms with van der Waals surface area (Å²) < 4.78 is 13.7. The van der Waals surface area contributed by atoms with Gasteiger partial charge >= 0.3 is 0 Å². The van der Waals surface area contributed by atoms with Gasteiger partial charge in [-0.25, -0.2) is 0 Å². The van der Waals surface area contributed by atoms with E-state index in [1.165, 1.54) is 6.54 Å². The van der Waals surface area contributed by atoms with Crippen LogP contribution in [-0.4, -0.2) is 84.6 Å². The van der Waals surface area contributed by atoms with Crippen molar-refractivity contribution in [1.29, 1.82) is 0 Å². The Morgan fingerprint density at radius 3 is 2.63 bits per heavy atom. The monoisotopic (exact) mass is 376 g/mol. The highest BCUT2D eigenvalue weighted by atomic mass is 16.5. The molecule has 1 saturated carbocycles. The van der Waals surface area contributed by atoms with E-state index in [4.69, 9.17) is 9.47 Å². The van der Waals surface area contributed by atoms with Crippen LogP contribution >= 0.6 is 0 Å². The number of nitrogens with zero attached hydrogens (tertiary/aromatic N) is 4. The molecule has 3 heterocycles. The van der Waals surface area contributed by atoms with Crippen molar-refractivity contribution in [3.63, 3.8) is 0 Å². The van der Waals surface area contributed by atoms with Crippen molar-refractivity contribution in [2.45, 2.75) is 43.9 Å². The molecule has 0 spiro atoms. The largest absolute Gasteiger partial charge is 0.381 e. The maximum absolute atomic E-state index is 12.0. The van der Waals surface area contributed by atoms with Crippen molar-refractivity contribution in [2.75, 3.05) is 47.0 Å². The van der Waals surface area contributed by atoms with Gasteiger partial charge < -0.3 is 14.4 Å². The fourth-order valence-corrected chi connectivity index (χ4v) is 5.02. The standard InChI is InChI=1S/C20H32N4O3/c1-22(2)20(25)14-27-19-11-16-13-23(17-4-8-26-9-5-17)12-15(16)10-18(19)24-7-3-6-21-24/h3,6-7,15-19H,4-5,8-14H2,1-2H3/t15-,16+,18-,19-/m0/s1. The first-order valence-corrected chi connectivity index (χ1v) is 10.2. The minimum Gasteiger partial charge on any atom is -0.381 e. The van der Waals surface area contributed by atoms with E-state index in [0.29, 0.717) is 17.9 Å². The Balaban J connectivity index is 1.43. The minimum atomic E-state index is 0.0200. The van der Waals surface area contributed by atoms with E-state index in [0.717, 1.165) is 45.4 Å². The summed E-state index contributed by atoms with van der Waals surface area (Å²) in [5.74, 6) is 1.36. The van der Waals surface area contributed by atoms with Crippen LogP contribution in [0.4, 0.5) is 0 Å². The lowest BCUT2D eigenvalue weighted by Gasteiger charge is -2.38. The third kappa shape index (κ3) is 4.20. The molecule has 1 aromatic rings. The van der Waals surface area contributed by atoms with E-state index in [2.05, 4.69) is 10.00 Å². The van der Waals surface area contributed by atoms with E-state index >= 15 is 0 Å². The van der Waals surface area contributed by atoms with Crippen molar-refractivity contribution < 1.29 is 14.3 Å². The zero-order chi connectivity index (χ0) is 18.8. The van der Waals surface area contributed by atoms with Gasteiger partial charge in [-0.3, -0.25) is 14.4 Å². The Labute approximate surface area is 161 Å². The summed E-state index contributed by atoms with van der Waals surface area (Å²) in [6.07, 6.45) is 8.29. The lowest BCUT2D eigenvalue weighted by molar-refractivity contribution is -0.138. The van der Waals surface area contributed by atoms with Gasteiger partial charge in [-0.2, -0.15) is 5.10 Å². The lowest BCUT2D eigenvalue weighted by atomic mass is 9.77. The smallest absolute Gasteiger partial charge is 0.248 e. The van der Waals surface area contributed by atoms with Gasteiger partial charge in [0.05, 0.1) is 12.1 Å². The summed E-state index contributed by atoms with van der Waals surface area (Å²) >= 11 is 0. The highest BCUT2D eigenvalue weighted by Gasteiger charge is 2.45. The average Bonchev–Trinajstić information content (AvgIpc) is 3.35. The Morgan fingerprint density at radius 2 is 1.96 bits per heavy atom. The molecule has 150 valence electrons. The van der Waals surface area contributed by atoms with E-state index in [-0.39, 0.29) is 24.7 Å². The van der Waals surface area contributed by atoms with Gasteiger partial charge in [0, 0.05) is 58.8 Å². The molecule has 0 bridgehead atoms. The van der Waals surface area contributed by atoms with Gasteiger partial charge in [0.25, 0.3) is 0 Å².